The second kappa shape index (κ2) is 5.67. The zero-order chi connectivity index (χ0) is 17.8. The summed E-state index contributed by atoms with van der Waals surface area (Å²) < 4.78 is 6.27. The van der Waals surface area contributed by atoms with Gasteiger partial charge in [-0.25, -0.2) is 4.79 Å². The molecule has 2 bridgehead atoms. The molecule has 1 N–H and O–H groups in total. The van der Waals surface area contributed by atoms with Crippen LogP contribution < -0.4 is 15.0 Å². The monoisotopic (exact) mass is 356 g/mol. The molecule has 2 atom stereocenters. The van der Waals surface area contributed by atoms with Crippen LogP contribution in [-0.4, -0.2) is 11.8 Å². The van der Waals surface area contributed by atoms with E-state index in [4.69, 9.17) is 16.3 Å². The van der Waals surface area contributed by atoms with Crippen LogP contribution in [0.5, 0.6) is 5.75 Å². The van der Waals surface area contributed by atoms with Crippen molar-refractivity contribution in [1.29, 1.82) is 0 Å². The van der Waals surface area contributed by atoms with Crippen LogP contribution >= 0.6 is 11.6 Å². The summed E-state index contributed by atoms with van der Waals surface area (Å²) >= 11 is 6.11. The molecule has 1 fully saturated rings. The number of urea groups is 1. The Bertz CT molecular complexity index is 834. The number of halogens is 1. The van der Waals surface area contributed by atoms with Crippen molar-refractivity contribution in [2.24, 2.45) is 0 Å². The molecule has 2 amide bonds. The standard InChI is InChI=1S/C20H21ClN2O2/c1-12(2)13-4-7-15(8-5-13)23-19(24)22-17-11-20(23,3)25-18-9-6-14(21)10-16(17)18/h4-10,12,17H,11H2,1-3H3,(H,22,24)/t17-,20-/m0/s1. The van der Waals surface area contributed by atoms with Gasteiger partial charge in [-0.2, -0.15) is 0 Å². The molecule has 2 aromatic rings. The number of fused-ring (bicyclic) bond motifs is 4. The van der Waals surface area contributed by atoms with Crippen LogP contribution in [0.3, 0.4) is 0 Å². The summed E-state index contributed by atoms with van der Waals surface area (Å²) in [6.07, 6.45) is 0.665. The average molecular weight is 357 g/mol. The molecule has 130 valence electrons. The van der Waals surface area contributed by atoms with Crippen molar-refractivity contribution >= 4 is 23.3 Å². The van der Waals surface area contributed by atoms with Crippen molar-refractivity contribution in [3.63, 3.8) is 0 Å². The molecule has 4 rings (SSSR count). The molecule has 2 aliphatic heterocycles. The van der Waals surface area contributed by atoms with E-state index in [9.17, 15) is 4.79 Å². The molecule has 25 heavy (non-hydrogen) atoms. The molecular formula is C20H21ClN2O2. The van der Waals surface area contributed by atoms with Crippen LogP contribution in [0, 0.1) is 0 Å². The maximum Gasteiger partial charge on any atom is 0.325 e. The van der Waals surface area contributed by atoms with Crippen molar-refractivity contribution in [2.45, 2.75) is 44.9 Å². The van der Waals surface area contributed by atoms with Crippen molar-refractivity contribution in [3.05, 3.63) is 58.6 Å². The number of nitrogens with one attached hydrogen (secondary N) is 1. The van der Waals surface area contributed by atoms with Gasteiger partial charge in [0.05, 0.1) is 6.04 Å². The number of hydrogen-bond donors (Lipinski definition) is 1. The summed E-state index contributed by atoms with van der Waals surface area (Å²) in [6, 6.07) is 13.4. The fourth-order valence-corrected chi connectivity index (χ4v) is 3.93. The lowest BCUT2D eigenvalue weighted by molar-refractivity contribution is 0.0379. The van der Waals surface area contributed by atoms with Gasteiger partial charge < -0.3 is 10.1 Å². The minimum Gasteiger partial charge on any atom is -0.467 e. The van der Waals surface area contributed by atoms with Crippen LogP contribution in [0.25, 0.3) is 0 Å². The van der Waals surface area contributed by atoms with Gasteiger partial charge in [0.15, 0.2) is 5.72 Å². The van der Waals surface area contributed by atoms with Crippen LogP contribution in [0.4, 0.5) is 10.5 Å². The summed E-state index contributed by atoms with van der Waals surface area (Å²) in [4.78, 5) is 14.5. The van der Waals surface area contributed by atoms with Crippen molar-refractivity contribution in [3.8, 4) is 5.75 Å². The van der Waals surface area contributed by atoms with Crippen molar-refractivity contribution in [2.75, 3.05) is 4.90 Å². The number of nitrogens with zero attached hydrogens (tertiary/aromatic N) is 1. The quantitative estimate of drug-likeness (QED) is 0.800. The van der Waals surface area contributed by atoms with E-state index in [1.807, 2.05) is 37.3 Å². The van der Waals surface area contributed by atoms with Gasteiger partial charge in [-0.05, 0) is 48.7 Å². The first-order chi connectivity index (χ1) is 11.9. The normalized spacial score (nSPS) is 24.6. The number of anilines is 1. The highest BCUT2D eigenvalue weighted by molar-refractivity contribution is 6.30. The molecule has 2 aliphatic rings. The predicted molar refractivity (Wildman–Crippen MR) is 99.4 cm³/mol. The zero-order valence-corrected chi connectivity index (χ0v) is 15.3. The van der Waals surface area contributed by atoms with Crippen molar-refractivity contribution < 1.29 is 9.53 Å². The third kappa shape index (κ3) is 2.65. The summed E-state index contributed by atoms with van der Waals surface area (Å²) in [5.74, 6) is 1.22. The molecule has 0 saturated carbocycles. The highest BCUT2D eigenvalue weighted by Crippen LogP contribution is 2.46. The molecule has 0 spiro atoms. The zero-order valence-electron chi connectivity index (χ0n) is 14.5. The Labute approximate surface area is 152 Å². The second-order valence-electron chi connectivity index (χ2n) is 7.25. The fourth-order valence-electron chi connectivity index (χ4n) is 3.74. The molecule has 5 heteroatoms. The van der Waals surface area contributed by atoms with Crippen LogP contribution in [0.1, 0.15) is 50.3 Å². The van der Waals surface area contributed by atoms with E-state index in [1.54, 1.807) is 4.90 Å². The van der Waals surface area contributed by atoms with Crippen molar-refractivity contribution in [1.82, 2.24) is 5.32 Å². The number of benzene rings is 2. The van der Waals surface area contributed by atoms with Gasteiger partial charge in [0.2, 0.25) is 0 Å². The van der Waals surface area contributed by atoms with Gasteiger partial charge in [0.1, 0.15) is 5.75 Å². The highest BCUT2D eigenvalue weighted by Gasteiger charge is 2.49. The van der Waals surface area contributed by atoms with Crippen LogP contribution in [-0.2, 0) is 0 Å². The predicted octanol–water partition coefficient (Wildman–Crippen LogP) is 5.23. The maximum atomic E-state index is 12.8. The Hall–Kier alpha value is -2.20. The number of amides is 2. The van der Waals surface area contributed by atoms with E-state index in [-0.39, 0.29) is 12.1 Å². The number of ether oxygens (including phenoxy) is 1. The van der Waals surface area contributed by atoms with E-state index in [0.29, 0.717) is 17.4 Å². The number of hydrogen-bond acceptors (Lipinski definition) is 2. The number of rotatable bonds is 2. The average Bonchev–Trinajstić information content (AvgIpc) is 2.55. The molecule has 1 saturated heterocycles. The smallest absolute Gasteiger partial charge is 0.325 e. The third-order valence-corrected chi connectivity index (χ3v) is 5.29. The van der Waals surface area contributed by atoms with E-state index < -0.39 is 5.72 Å². The van der Waals surface area contributed by atoms with E-state index in [0.717, 1.165) is 17.0 Å². The fraction of sp³-hybridized carbons (Fsp3) is 0.350. The lowest BCUT2D eigenvalue weighted by Crippen LogP contribution is -2.65. The van der Waals surface area contributed by atoms with Gasteiger partial charge in [-0.1, -0.05) is 37.6 Å². The lowest BCUT2D eigenvalue weighted by atomic mass is 9.90. The first-order valence-corrected chi connectivity index (χ1v) is 8.94. The van der Waals surface area contributed by atoms with E-state index in [2.05, 4.69) is 31.3 Å². The Morgan fingerprint density at radius 3 is 2.64 bits per heavy atom. The second-order valence-corrected chi connectivity index (χ2v) is 7.68. The summed E-state index contributed by atoms with van der Waals surface area (Å²) in [5, 5.41) is 3.74. The summed E-state index contributed by atoms with van der Waals surface area (Å²) in [7, 11) is 0. The first kappa shape index (κ1) is 16.3. The minimum atomic E-state index is -0.729. The Balaban J connectivity index is 1.73. The molecule has 2 heterocycles. The van der Waals surface area contributed by atoms with Gasteiger partial charge >= 0.3 is 6.03 Å². The first-order valence-electron chi connectivity index (χ1n) is 8.56. The molecule has 0 radical (unpaired) electrons. The summed E-state index contributed by atoms with van der Waals surface area (Å²) in [6.45, 7) is 6.27. The third-order valence-electron chi connectivity index (χ3n) is 5.05. The maximum absolute atomic E-state index is 12.8. The molecule has 0 aromatic heterocycles. The lowest BCUT2D eigenvalue weighted by Gasteiger charge is -2.50. The van der Waals surface area contributed by atoms with E-state index in [1.165, 1.54) is 5.56 Å². The van der Waals surface area contributed by atoms with Gasteiger partial charge in [-0.15, -0.1) is 0 Å². The van der Waals surface area contributed by atoms with E-state index >= 15 is 0 Å². The van der Waals surface area contributed by atoms with Gasteiger partial charge in [0, 0.05) is 22.7 Å². The molecule has 4 nitrogen and oxygen atoms in total. The Morgan fingerprint density at radius 1 is 1.24 bits per heavy atom. The van der Waals surface area contributed by atoms with Gasteiger partial charge in [0.25, 0.3) is 0 Å². The molecule has 0 aliphatic carbocycles. The van der Waals surface area contributed by atoms with Gasteiger partial charge in [-0.3, -0.25) is 4.90 Å². The van der Waals surface area contributed by atoms with Crippen LogP contribution in [0.2, 0.25) is 5.02 Å². The summed E-state index contributed by atoms with van der Waals surface area (Å²) in [5.41, 5.74) is 2.29. The SMILES string of the molecule is CC(C)c1ccc(N2C(=O)N[C@H]3C[C@]2(C)Oc2ccc(Cl)cc23)cc1. The number of carbonyl (C=O) groups is 1. The topological polar surface area (TPSA) is 41.6 Å². The Kier molecular flexibility index (Phi) is 3.69. The molecule has 2 aromatic carbocycles. The highest BCUT2D eigenvalue weighted by atomic mass is 35.5. The largest absolute Gasteiger partial charge is 0.467 e. The number of carbonyl (C=O) groups excluding carboxylic acids is 1. The molecule has 0 unspecified atom stereocenters. The molecular weight excluding hydrogens is 336 g/mol. The van der Waals surface area contributed by atoms with Crippen LogP contribution in [0.15, 0.2) is 42.5 Å². The Morgan fingerprint density at radius 2 is 1.96 bits per heavy atom. The minimum absolute atomic E-state index is 0.0915.